The average Bonchev–Trinajstić information content (AvgIpc) is 3.18. The predicted molar refractivity (Wildman–Crippen MR) is 119 cm³/mol. The molecule has 0 radical (unpaired) electrons. The highest BCUT2D eigenvalue weighted by Crippen LogP contribution is 2.31. The van der Waals surface area contributed by atoms with Crippen molar-refractivity contribution >= 4 is 33.5 Å². The molecule has 1 aliphatic heterocycles. The Kier molecular flexibility index (Phi) is 6.81. The Labute approximate surface area is 183 Å². The van der Waals surface area contributed by atoms with Gasteiger partial charge >= 0.3 is 4.94 Å². The third-order valence-corrected chi connectivity index (χ3v) is 5.87. The van der Waals surface area contributed by atoms with Gasteiger partial charge in [0.1, 0.15) is 18.1 Å². The lowest BCUT2D eigenvalue weighted by Gasteiger charge is -2.26. The van der Waals surface area contributed by atoms with Crippen LogP contribution in [-0.4, -0.2) is 57.2 Å². The first kappa shape index (κ1) is 21.3. The number of benzene rings is 2. The molecule has 0 bridgehead atoms. The molecule has 2 heterocycles. The normalized spacial score (nSPS) is 14.9. The molecule has 0 spiro atoms. The van der Waals surface area contributed by atoms with E-state index in [0.29, 0.717) is 28.2 Å². The van der Waals surface area contributed by atoms with Gasteiger partial charge in [0.15, 0.2) is 11.4 Å². The zero-order chi connectivity index (χ0) is 21.6. The quantitative estimate of drug-likeness (QED) is 0.391. The summed E-state index contributed by atoms with van der Waals surface area (Å²) in [6.45, 7) is 4.92. The maximum absolute atomic E-state index is 12.8. The van der Waals surface area contributed by atoms with E-state index in [-0.39, 0.29) is 5.78 Å². The van der Waals surface area contributed by atoms with Crippen LogP contribution in [0, 0.1) is 0 Å². The molecule has 31 heavy (non-hydrogen) atoms. The first-order valence-corrected chi connectivity index (χ1v) is 10.8. The lowest BCUT2D eigenvalue weighted by Crippen LogP contribution is -2.38. The summed E-state index contributed by atoms with van der Waals surface area (Å²) < 4.78 is 22.1. The van der Waals surface area contributed by atoms with Crippen molar-refractivity contribution in [2.45, 2.75) is 0 Å². The van der Waals surface area contributed by atoms with Crippen molar-refractivity contribution in [2.75, 3.05) is 46.6 Å². The fourth-order valence-electron chi connectivity index (χ4n) is 3.37. The van der Waals surface area contributed by atoms with Gasteiger partial charge in [-0.25, -0.2) is 4.79 Å². The molecule has 0 saturated carbocycles. The van der Waals surface area contributed by atoms with E-state index in [1.807, 2.05) is 24.3 Å². The zero-order valence-electron chi connectivity index (χ0n) is 17.2. The molecule has 1 aliphatic rings. The summed E-state index contributed by atoms with van der Waals surface area (Å²) in [6.07, 6.45) is 3.19. The summed E-state index contributed by atoms with van der Waals surface area (Å²) in [4.78, 5) is 26.3. The summed E-state index contributed by atoms with van der Waals surface area (Å²) >= 11 is 0.894. The van der Waals surface area contributed by atoms with Gasteiger partial charge < -0.3 is 18.6 Å². The lowest BCUT2D eigenvalue weighted by atomic mass is 10.1. The second-order valence-electron chi connectivity index (χ2n) is 6.99. The summed E-state index contributed by atoms with van der Waals surface area (Å²) in [5, 5.41) is 0. The number of fused-ring (bicyclic) bond motifs is 1. The van der Waals surface area contributed by atoms with Crippen LogP contribution in [0.25, 0.3) is 16.4 Å². The third-order valence-electron chi connectivity index (χ3n) is 5.02. The van der Waals surface area contributed by atoms with Crippen molar-refractivity contribution in [1.29, 1.82) is 0 Å². The number of nitrogens with zero attached hydrogens (tertiary/aromatic N) is 1. The topological polar surface area (TPSA) is 78.2 Å². The molecule has 1 saturated heterocycles. The Balaban J connectivity index is 1.40. The number of ether oxygens (including phenoxy) is 3. The van der Waals surface area contributed by atoms with Crippen LogP contribution < -0.4 is 14.4 Å². The Morgan fingerprint density at radius 3 is 2.68 bits per heavy atom. The Hall–Kier alpha value is -2.94. The lowest BCUT2D eigenvalue weighted by molar-refractivity contribution is 0.0322. The summed E-state index contributed by atoms with van der Waals surface area (Å²) in [5.41, 5.74) is 1.57. The highest BCUT2D eigenvalue weighted by molar-refractivity contribution is 7.16. The molecule has 4 rings (SSSR count). The second kappa shape index (κ2) is 9.91. The summed E-state index contributed by atoms with van der Waals surface area (Å²) in [5.74, 6) is 0.930. The van der Waals surface area contributed by atoms with Gasteiger partial charge in [0.2, 0.25) is 0 Å². The number of allylic oxidation sites excluding steroid dienone is 1. The van der Waals surface area contributed by atoms with Crippen LogP contribution >= 0.6 is 11.3 Å². The molecule has 1 aromatic heterocycles. The average molecular weight is 442 g/mol. The van der Waals surface area contributed by atoms with Gasteiger partial charge in [-0.3, -0.25) is 9.69 Å². The van der Waals surface area contributed by atoms with Gasteiger partial charge in [0.25, 0.3) is 0 Å². The monoisotopic (exact) mass is 441 g/mol. The number of ketones is 1. The Morgan fingerprint density at radius 2 is 1.94 bits per heavy atom. The van der Waals surface area contributed by atoms with Crippen molar-refractivity contribution in [1.82, 2.24) is 4.90 Å². The minimum Gasteiger partial charge on any atom is -0.496 e. The first-order valence-electron chi connectivity index (χ1n) is 10.00. The van der Waals surface area contributed by atoms with Crippen LogP contribution in [0.5, 0.6) is 11.5 Å². The predicted octanol–water partition coefficient (Wildman–Crippen LogP) is 3.47. The van der Waals surface area contributed by atoms with Gasteiger partial charge in [-0.15, -0.1) is 0 Å². The third kappa shape index (κ3) is 5.22. The van der Waals surface area contributed by atoms with Crippen LogP contribution in [0.15, 0.2) is 51.7 Å². The fourth-order valence-corrected chi connectivity index (χ4v) is 4.18. The number of carbonyl (C=O) groups excluding carboxylic acids is 1. The van der Waals surface area contributed by atoms with E-state index in [1.165, 1.54) is 13.2 Å². The highest BCUT2D eigenvalue weighted by Gasteiger charge is 2.18. The number of rotatable bonds is 8. The van der Waals surface area contributed by atoms with Crippen molar-refractivity contribution in [3.05, 3.63) is 63.3 Å². The van der Waals surface area contributed by atoms with E-state index in [2.05, 4.69) is 4.90 Å². The molecular weight excluding hydrogens is 418 g/mol. The fraction of sp³-hybridized carbons (Fsp3) is 0.304. The molecule has 1 fully saturated rings. The van der Waals surface area contributed by atoms with E-state index in [9.17, 15) is 9.59 Å². The van der Waals surface area contributed by atoms with Gasteiger partial charge in [-0.1, -0.05) is 29.5 Å². The highest BCUT2D eigenvalue weighted by atomic mass is 32.1. The van der Waals surface area contributed by atoms with Crippen molar-refractivity contribution in [3.63, 3.8) is 0 Å². The molecule has 0 atom stereocenters. The number of methoxy groups -OCH3 is 1. The van der Waals surface area contributed by atoms with Crippen LogP contribution in [0.4, 0.5) is 0 Å². The van der Waals surface area contributed by atoms with Gasteiger partial charge in [0, 0.05) is 19.6 Å². The van der Waals surface area contributed by atoms with Crippen LogP contribution in [0.1, 0.15) is 15.9 Å². The summed E-state index contributed by atoms with van der Waals surface area (Å²) in [7, 11) is 1.49. The molecule has 0 unspecified atom stereocenters. The van der Waals surface area contributed by atoms with Crippen molar-refractivity contribution in [3.8, 4) is 11.5 Å². The maximum Gasteiger partial charge on any atom is 0.396 e. The molecule has 2 aromatic carbocycles. The minimum absolute atomic E-state index is 0.259. The Bertz CT molecular complexity index is 1130. The standard InChI is InChI=1S/C23H23NO6S/c1-27-19-8-9-20-22(31-23(26)30-20)21(19)18(25)7-4-16-2-5-17(6-3-16)29-15-12-24-10-13-28-14-11-24/h2-9H,10-15H2,1H3/b7-4+. The van der Waals surface area contributed by atoms with E-state index in [0.717, 1.165) is 55.5 Å². The molecule has 0 amide bonds. The van der Waals surface area contributed by atoms with E-state index < -0.39 is 4.94 Å². The first-order chi connectivity index (χ1) is 15.1. The molecule has 8 heteroatoms. The maximum atomic E-state index is 12.8. The largest absolute Gasteiger partial charge is 0.496 e. The summed E-state index contributed by atoms with van der Waals surface area (Å²) in [6, 6.07) is 10.8. The smallest absolute Gasteiger partial charge is 0.396 e. The molecule has 7 nitrogen and oxygen atoms in total. The van der Waals surface area contributed by atoms with Crippen LogP contribution in [0.3, 0.4) is 0 Å². The number of carbonyl (C=O) groups is 1. The van der Waals surface area contributed by atoms with E-state index in [1.54, 1.807) is 18.2 Å². The Morgan fingerprint density at radius 1 is 1.16 bits per heavy atom. The molecule has 162 valence electrons. The molecule has 3 aromatic rings. The molecular formula is C23H23NO6S. The van der Waals surface area contributed by atoms with Crippen LogP contribution in [0.2, 0.25) is 0 Å². The zero-order valence-corrected chi connectivity index (χ0v) is 18.0. The number of hydrogen-bond donors (Lipinski definition) is 0. The number of hydrogen-bond acceptors (Lipinski definition) is 8. The van der Waals surface area contributed by atoms with Crippen molar-refractivity contribution < 1.29 is 23.4 Å². The van der Waals surface area contributed by atoms with Gasteiger partial charge in [0.05, 0.1) is 30.6 Å². The number of morpholine rings is 1. The van der Waals surface area contributed by atoms with Crippen molar-refractivity contribution in [2.24, 2.45) is 0 Å². The molecule has 0 N–H and O–H groups in total. The van der Waals surface area contributed by atoms with Gasteiger partial charge in [-0.05, 0) is 35.9 Å². The van der Waals surface area contributed by atoms with E-state index >= 15 is 0 Å². The minimum atomic E-state index is -0.453. The van der Waals surface area contributed by atoms with E-state index in [4.69, 9.17) is 18.6 Å². The van der Waals surface area contributed by atoms with Gasteiger partial charge in [-0.2, -0.15) is 0 Å². The molecule has 0 aliphatic carbocycles. The van der Waals surface area contributed by atoms with Crippen LogP contribution in [-0.2, 0) is 4.74 Å². The second-order valence-corrected chi connectivity index (χ2v) is 7.94. The SMILES string of the molecule is COc1ccc2oc(=O)sc2c1C(=O)/C=C/c1ccc(OCCN2CCOCC2)cc1.